The predicted molar refractivity (Wildman–Crippen MR) is 82.5 cm³/mol. The van der Waals surface area contributed by atoms with Crippen LogP contribution >= 0.6 is 12.6 Å². The van der Waals surface area contributed by atoms with Crippen LogP contribution in [0.2, 0.25) is 0 Å². The fraction of sp³-hybridized carbons (Fsp3) is 1.00. The van der Waals surface area contributed by atoms with Crippen LogP contribution in [0.25, 0.3) is 0 Å². The first-order chi connectivity index (χ1) is 8.47. The van der Waals surface area contributed by atoms with Crippen LogP contribution in [-0.4, -0.2) is 54.3 Å². The highest BCUT2D eigenvalue weighted by molar-refractivity contribution is 7.80. The van der Waals surface area contributed by atoms with Crippen molar-refractivity contribution in [2.24, 2.45) is 5.41 Å². The van der Waals surface area contributed by atoms with E-state index in [-0.39, 0.29) is 0 Å². The van der Waals surface area contributed by atoms with Crippen molar-refractivity contribution in [3.05, 3.63) is 0 Å². The summed E-state index contributed by atoms with van der Waals surface area (Å²) in [6, 6.07) is 0. The van der Waals surface area contributed by atoms with Crippen molar-refractivity contribution in [1.82, 2.24) is 9.80 Å². The van der Waals surface area contributed by atoms with Gasteiger partial charge >= 0.3 is 0 Å². The van der Waals surface area contributed by atoms with Crippen molar-refractivity contribution in [2.45, 2.75) is 51.5 Å². The molecule has 1 aliphatic carbocycles. The summed E-state index contributed by atoms with van der Waals surface area (Å²) < 4.78 is 0. The molecular formula is C15H30N2S. The molecule has 2 nitrogen and oxygen atoms in total. The summed E-state index contributed by atoms with van der Waals surface area (Å²) in [6.45, 7) is 9.65. The van der Waals surface area contributed by atoms with Gasteiger partial charge in [-0.25, -0.2) is 0 Å². The second-order valence-corrected chi connectivity index (χ2v) is 7.48. The summed E-state index contributed by atoms with van der Waals surface area (Å²) in [5, 5.41) is 0. The number of hydrogen-bond acceptors (Lipinski definition) is 3. The number of piperazine rings is 1. The third-order valence-electron chi connectivity index (χ3n) is 5.20. The van der Waals surface area contributed by atoms with Crippen molar-refractivity contribution in [3.63, 3.8) is 0 Å². The zero-order valence-electron chi connectivity index (χ0n) is 12.4. The van der Waals surface area contributed by atoms with E-state index in [2.05, 4.69) is 43.3 Å². The minimum Gasteiger partial charge on any atom is -0.300 e. The molecule has 0 aromatic heterocycles. The van der Waals surface area contributed by atoms with Gasteiger partial charge in [-0.2, -0.15) is 12.6 Å². The van der Waals surface area contributed by atoms with E-state index in [0.717, 1.165) is 5.75 Å². The smallest absolute Gasteiger partial charge is 0.0277 e. The van der Waals surface area contributed by atoms with Gasteiger partial charge in [0, 0.05) is 31.7 Å². The van der Waals surface area contributed by atoms with E-state index < -0.39 is 0 Å². The number of nitrogens with zero attached hydrogens (tertiary/aromatic N) is 2. The lowest BCUT2D eigenvalue weighted by Crippen LogP contribution is -2.59. The molecule has 0 unspecified atom stereocenters. The molecule has 1 aliphatic heterocycles. The van der Waals surface area contributed by atoms with Crippen LogP contribution in [-0.2, 0) is 0 Å². The summed E-state index contributed by atoms with van der Waals surface area (Å²) >= 11 is 4.67. The average Bonchev–Trinajstić information content (AvgIpc) is 2.35. The van der Waals surface area contributed by atoms with Gasteiger partial charge in [-0.15, -0.1) is 0 Å². The molecule has 1 saturated heterocycles. The minimum atomic E-state index is 0.324. The number of rotatable bonds is 3. The molecule has 0 N–H and O–H groups in total. The average molecular weight is 270 g/mol. The summed E-state index contributed by atoms with van der Waals surface area (Å²) in [6.07, 6.45) is 7.05. The Hall–Kier alpha value is 0.270. The topological polar surface area (TPSA) is 6.48 Å². The number of hydrogen-bond donors (Lipinski definition) is 1. The van der Waals surface area contributed by atoms with Gasteiger partial charge in [0.25, 0.3) is 0 Å². The minimum absolute atomic E-state index is 0.324. The molecule has 0 spiro atoms. The van der Waals surface area contributed by atoms with E-state index in [1.807, 2.05) is 0 Å². The van der Waals surface area contributed by atoms with Gasteiger partial charge in [0.1, 0.15) is 0 Å². The van der Waals surface area contributed by atoms with E-state index in [0.29, 0.717) is 11.0 Å². The normalized spacial score (nSPS) is 29.3. The Bertz CT molecular complexity index is 272. The Morgan fingerprint density at radius 1 is 1.06 bits per heavy atom. The maximum Gasteiger partial charge on any atom is 0.0277 e. The fourth-order valence-corrected chi connectivity index (χ4v) is 4.03. The summed E-state index contributed by atoms with van der Waals surface area (Å²) in [5.74, 6) is 1.07. The third-order valence-corrected chi connectivity index (χ3v) is 5.88. The monoisotopic (exact) mass is 270 g/mol. The largest absolute Gasteiger partial charge is 0.300 e. The van der Waals surface area contributed by atoms with Crippen LogP contribution in [0.1, 0.15) is 46.0 Å². The zero-order chi connectivity index (χ0) is 13.2. The Morgan fingerprint density at radius 2 is 1.72 bits per heavy atom. The molecule has 2 rings (SSSR count). The molecular weight excluding hydrogens is 240 g/mol. The van der Waals surface area contributed by atoms with Gasteiger partial charge in [-0.1, -0.05) is 19.3 Å². The molecule has 1 heterocycles. The molecule has 0 bridgehead atoms. The molecule has 1 saturated carbocycles. The van der Waals surface area contributed by atoms with Crippen molar-refractivity contribution in [3.8, 4) is 0 Å². The molecule has 0 aromatic carbocycles. The van der Waals surface area contributed by atoms with Crippen LogP contribution in [0.4, 0.5) is 0 Å². The first kappa shape index (κ1) is 14.7. The maximum absolute atomic E-state index is 4.67. The summed E-state index contributed by atoms with van der Waals surface area (Å²) in [4.78, 5) is 5.19. The molecule has 106 valence electrons. The van der Waals surface area contributed by atoms with Crippen LogP contribution in [0.3, 0.4) is 0 Å². The zero-order valence-corrected chi connectivity index (χ0v) is 13.3. The lowest BCUT2D eigenvalue weighted by atomic mass is 9.75. The standard InChI is InChI=1S/C15H30N2S/c1-14(2)11-17(10-9-16(14)3)12-15(13-18)7-5-4-6-8-15/h18H,4-13H2,1-3H3. The molecule has 0 radical (unpaired) electrons. The maximum atomic E-state index is 4.67. The third kappa shape index (κ3) is 3.23. The van der Waals surface area contributed by atoms with Crippen molar-refractivity contribution in [1.29, 1.82) is 0 Å². The van der Waals surface area contributed by atoms with E-state index in [9.17, 15) is 0 Å². The molecule has 0 amide bonds. The van der Waals surface area contributed by atoms with Gasteiger partial charge in [0.05, 0.1) is 0 Å². The predicted octanol–water partition coefficient (Wildman–Crippen LogP) is 2.89. The Morgan fingerprint density at radius 3 is 2.28 bits per heavy atom. The summed E-state index contributed by atoms with van der Waals surface area (Å²) in [7, 11) is 2.26. The molecule has 18 heavy (non-hydrogen) atoms. The van der Waals surface area contributed by atoms with E-state index >= 15 is 0 Å². The first-order valence-corrected chi connectivity index (χ1v) is 8.15. The second kappa shape index (κ2) is 5.72. The first-order valence-electron chi connectivity index (χ1n) is 7.52. The van der Waals surface area contributed by atoms with Gasteiger partial charge < -0.3 is 0 Å². The molecule has 2 fully saturated rings. The van der Waals surface area contributed by atoms with Crippen LogP contribution in [0, 0.1) is 5.41 Å². The summed E-state index contributed by atoms with van der Waals surface area (Å²) in [5.41, 5.74) is 0.831. The van der Waals surface area contributed by atoms with Crippen molar-refractivity contribution in [2.75, 3.05) is 39.0 Å². The van der Waals surface area contributed by atoms with Crippen molar-refractivity contribution < 1.29 is 0 Å². The fourth-order valence-electron chi connectivity index (χ4n) is 3.62. The number of thiol groups is 1. The highest BCUT2D eigenvalue weighted by Gasteiger charge is 2.37. The number of likely N-dealkylation sites (N-methyl/N-ethyl adjacent to an activating group) is 1. The van der Waals surface area contributed by atoms with Gasteiger partial charge in [0.15, 0.2) is 0 Å². The lowest BCUT2D eigenvalue weighted by molar-refractivity contribution is 0.0125. The van der Waals surface area contributed by atoms with Crippen LogP contribution in [0.15, 0.2) is 0 Å². The molecule has 0 aromatic rings. The van der Waals surface area contributed by atoms with Crippen LogP contribution in [0.5, 0.6) is 0 Å². The van der Waals surface area contributed by atoms with Gasteiger partial charge in [0.2, 0.25) is 0 Å². The van der Waals surface area contributed by atoms with Gasteiger partial charge in [-0.05, 0) is 44.9 Å². The quantitative estimate of drug-likeness (QED) is 0.788. The molecule has 3 heteroatoms. The Kier molecular flexibility index (Phi) is 4.66. The van der Waals surface area contributed by atoms with E-state index in [1.54, 1.807) is 0 Å². The van der Waals surface area contributed by atoms with E-state index in [1.165, 1.54) is 58.3 Å². The second-order valence-electron chi connectivity index (χ2n) is 7.16. The van der Waals surface area contributed by atoms with E-state index in [4.69, 9.17) is 0 Å². The van der Waals surface area contributed by atoms with Crippen LogP contribution < -0.4 is 0 Å². The SMILES string of the molecule is CN1CCN(CC2(CS)CCCCC2)CC1(C)C. The lowest BCUT2D eigenvalue weighted by Gasteiger charge is -2.49. The Balaban J connectivity index is 1.96. The highest BCUT2D eigenvalue weighted by Crippen LogP contribution is 2.38. The van der Waals surface area contributed by atoms with Crippen molar-refractivity contribution >= 4 is 12.6 Å². The van der Waals surface area contributed by atoms with Gasteiger partial charge in [-0.3, -0.25) is 9.80 Å². The Labute approximate surface area is 119 Å². The highest BCUT2D eigenvalue weighted by atomic mass is 32.1. The molecule has 2 aliphatic rings. The molecule has 0 atom stereocenters.